The highest BCUT2D eigenvalue weighted by Crippen LogP contribution is 2.39. The van der Waals surface area contributed by atoms with Gasteiger partial charge in [-0.05, 0) is 34.2 Å². The highest BCUT2D eigenvalue weighted by atomic mass is 32.1. The lowest BCUT2D eigenvalue weighted by Gasteiger charge is -1.94. The molecule has 1 aliphatic rings. The van der Waals surface area contributed by atoms with E-state index >= 15 is 0 Å². The summed E-state index contributed by atoms with van der Waals surface area (Å²) < 4.78 is 0. The summed E-state index contributed by atoms with van der Waals surface area (Å²) in [5.74, 6) is 0. The summed E-state index contributed by atoms with van der Waals surface area (Å²) in [6.45, 7) is 0. The summed E-state index contributed by atoms with van der Waals surface area (Å²) in [5.41, 5.74) is 4.22. The van der Waals surface area contributed by atoms with E-state index in [1.165, 1.54) is 21.6 Å². The van der Waals surface area contributed by atoms with E-state index < -0.39 is 0 Å². The fourth-order valence-electron chi connectivity index (χ4n) is 1.71. The van der Waals surface area contributed by atoms with Gasteiger partial charge in [-0.25, -0.2) is 0 Å². The first-order valence-electron chi connectivity index (χ1n) is 3.95. The van der Waals surface area contributed by atoms with E-state index in [0.29, 0.717) is 0 Å². The fraction of sp³-hybridized carbons (Fsp3) is 0.100. The quantitative estimate of drug-likeness (QED) is 0.509. The molecule has 0 atom stereocenters. The Bertz CT molecular complexity index is 431. The SMILES string of the molecule is c1cc2c(cn1)Cc1ccsc1-2. The van der Waals surface area contributed by atoms with Crippen molar-refractivity contribution in [2.75, 3.05) is 0 Å². The van der Waals surface area contributed by atoms with Crippen molar-refractivity contribution < 1.29 is 0 Å². The van der Waals surface area contributed by atoms with Crippen molar-refractivity contribution in [2.24, 2.45) is 0 Å². The van der Waals surface area contributed by atoms with Crippen molar-refractivity contribution in [3.05, 3.63) is 41.0 Å². The second-order valence-electron chi connectivity index (χ2n) is 2.98. The second kappa shape index (κ2) is 2.17. The van der Waals surface area contributed by atoms with Gasteiger partial charge in [-0.3, -0.25) is 4.98 Å². The molecule has 0 radical (unpaired) electrons. The van der Waals surface area contributed by atoms with Crippen LogP contribution in [-0.4, -0.2) is 4.98 Å². The third-order valence-corrected chi connectivity index (χ3v) is 3.27. The van der Waals surface area contributed by atoms with Crippen molar-refractivity contribution in [3.8, 4) is 10.4 Å². The van der Waals surface area contributed by atoms with Gasteiger partial charge in [0.2, 0.25) is 0 Å². The molecule has 0 bridgehead atoms. The predicted octanol–water partition coefficient (Wildman–Crippen LogP) is 2.71. The van der Waals surface area contributed by atoms with E-state index in [9.17, 15) is 0 Å². The van der Waals surface area contributed by atoms with Crippen LogP contribution in [0.2, 0.25) is 0 Å². The maximum atomic E-state index is 4.12. The van der Waals surface area contributed by atoms with Crippen molar-refractivity contribution in [1.29, 1.82) is 0 Å². The van der Waals surface area contributed by atoms with Crippen LogP contribution >= 0.6 is 11.3 Å². The Morgan fingerprint density at radius 1 is 1.25 bits per heavy atom. The van der Waals surface area contributed by atoms with Gasteiger partial charge in [0.15, 0.2) is 0 Å². The van der Waals surface area contributed by atoms with Crippen LogP contribution in [0.1, 0.15) is 11.1 Å². The number of pyridine rings is 1. The van der Waals surface area contributed by atoms with Gasteiger partial charge in [-0.1, -0.05) is 0 Å². The van der Waals surface area contributed by atoms with E-state index in [0.717, 1.165) is 6.42 Å². The van der Waals surface area contributed by atoms with Gasteiger partial charge in [0.1, 0.15) is 0 Å². The van der Waals surface area contributed by atoms with Crippen LogP contribution in [0.3, 0.4) is 0 Å². The molecule has 3 rings (SSSR count). The molecule has 1 nitrogen and oxygen atoms in total. The van der Waals surface area contributed by atoms with Gasteiger partial charge in [-0.2, -0.15) is 0 Å². The predicted molar refractivity (Wildman–Crippen MR) is 50.4 cm³/mol. The molecule has 1 aliphatic carbocycles. The van der Waals surface area contributed by atoms with Crippen LogP contribution in [0, 0.1) is 0 Å². The standard InChI is InChI=1S/C10H7NS/c1-3-11-6-8-5-7-2-4-12-10(7)9(1)8/h1-4,6H,5H2. The van der Waals surface area contributed by atoms with Crippen molar-refractivity contribution >= 4 is 11.3 Å². The lowest BCUT2D eigenvalue weighted by atomic mass is 10.2. The maximum absolute atomic E-state index is 4.12. The largest absolute Gasteiger partial charge is 0.264 e. The molecule has 0 N–H and O–H groups in total. The minimum Gasteiger partial charge on any atom is -0.264 e. The summed E-state index contributed by atoms with van der Waals surface area (Å²) in [7, 11) is 0. The fourth-order valence-corrected chi connectivity index (χ4v) is 2.69. The second-order valence-corrected chi connectivity index (χ2v) is 3.90. The Kier molecular flexibility index (Phi) is 1.15. The summed E-state index contributed by atoms with van der Waals surface area (Å²) >= 11 is 1.83. The van der Waals surface area contributed by atoms with E-state index in [2.05, 4.69) is 22.5 Å². The molecule has 0 aromatic carbocycles. The lowest BCUT2D eigenvalue weighted by molar-refractivity contribution is 1.20. The first-order chi connectivity index (χ1) is 5.95. The zero-order valence-corrected chi connectivity index (χ0v) is 7.27. The van der Waals surface area contributed by atoms with Crippen LogP contribution in [0.15, 0.2) is 29.9 Å². The van der Waals surface area contributed by atoms with Gasteiger partial charge in [-0.15, -0.1) is 11.3 Å². The Labute approximate surface area is 74.7 Å². The molecule has 0 aliphatic heterocycles. The average Bonchev–Trinajstić information content (AvgIpc) is 2.62. The molecular weight excluding hydrogens is 166 g/mol. The van der Waals surface area contributed by atoms with Crippen molar-refractivity contribution in [2.45, 2.75) is 6.42 Å². The van der Waals surface area contributed by atoms with Gasteiger partial charge >= 0.3 is 0 Å². The Hall–Kier alpha value is -1.15. The molecule has 12 heavy (non-hydrogen) atoms. The van der Waals surface area contributed by atoms with Gasteiger partial charge in [0.25, 0.3) is 0 Å². The normalized spacial score (nSPS) is 12.7. The van der Waals surface area contributed by atoms with Crippen LogP contribution < -0.4 is 0 Å². The third kappa shape index (κ3) is 0.703. The molecule has 2 aromatic rings. The zero-order chi connectivity index (χ0) is 7.97. The molecule has 2 heteroatoms. The Morgan fingerprint density at radius 2 is 2.25 bits per heavy atom. The molecule has 0 saturated heterocycles. The minimum atomic E-state index is 1.07. The van der Waals surface area contributed by atoms with E-state index in [-0.39, 0.29) is 0 Å². The first-order valence-corrected chi connectivity index (χ1v) is 4.83. The van der Waals surface area contributed by atoms with E-state index in [4.69, 9.17) is 0 Å². The van der Waals surface area contributed by atoms with Crippen molar-refractivity contribution in [1.82, 2.24) is 4.98 Å². The number of hydrogen-bond acceptors (Lipinski definition) is 2. The number of hydrogen-bond donors (Lipinski definition) is 0. The number of nitrogens with zero attached hydrogens (tertiary/aromatic N) is 1. The average molecular weight is 173 g/mol. The summed E-state index contributed by atoms with van der Waals surface area (Å²) in [6.07, 6.45) is 4.91. The molecule has 0 fully saturated rings. The number of thiophene rings is 1. The number of aromatic nitrogens is 1. The van der Waals surface area contributed by atoms with Crippen LogP contribution in [0.4, 0.5) is 0 Å². The van der Waals surface area contributed by atoms with Crippen molar-refractivity contribution in [3.63, 3.8) is 0 Å². The minimum absolute atomic E-state index is 1.07. The molecule has 0 saturated carbocycles. The lowest BCUT2D eigenvalue weighted by Crippen LogP contribution is -1.80. The molecular formula is C10H7NS. The van der Waals surface area contributed by atoms with E-state index in [1.807, 2.05) is 23.7 Å². The van der Waals surface area contributed by atoms with Crippen LogP contribution in [0.5, 0.6) is 0 Å². The molecule has 0 spiro atoms. The smallest absolute Gasteiger partial charge is 0.0382 e. The van der Waals surface area contributed by atoms with Crippen LogP contribution in [0.25, 0.3) is 10.4 Å². The molecule has 58 valence electrons. The Morgan fingerprint density at radius 3 is 3.25 bits per heavy atom. The molecule has 0 unspecified atom stereocenters. The number of rotatable bonds is 0. The summed E-state index contributed by atoms with van der Waals surface area (Å²) in [5, 5.41) is 2.16. The van der Waals surface area contributed by atoms with E-state index in [1.54, 1.807) is 0 Å². The number of fused-ring (bicyclic) bond motifs is 3. The zero-order valence-electron chi connectivity index (χ0n) is 6.45. The molecule has 2 aromatic heterocycles. The maximum Gasteiger partial charge on any atom is 0.0382 e. The van der Waals surface area contributed by atoms with Gasteiger partial charge in [0.05, 0.1) is 0 Å². The van der Waals surface area contributed by atoms with Gasteiger partial charge in [0, 0.05) is 23.7 Å². The summed E-state index contributed by atoms with van der Waals surface area (Å²) in [4.78, 5) is 5.56. The molecule has 0 amide bonds. The first kappa shape index (κ1) is 6.38. The van der Waals surface area contributed by atoms with Crippen LogP contribution in [-0.2, 0) is 6.42 Å². The van der Waals surface area contributed by atoms with Gasteiger partial charge < -0.3 is 0 Å². The third-order valence-electron chi connectivity index (χ3n) is 2.28. The summed E-state index contributed by atoms with van der Waals surface area (Å²) in [6, 6.07) is 4.32. The highest BCUT2D eigenvalue weighted by Gasteiger charge is 2.18. The topological polar surface area (TPSA) is 12.9 Å². The molecule has 2 heterocycles. The monoisotopic (exact) mass is 173 g/mol. The Balaban J connectivity index is 2.34. The highest BCUT2D eigenvalue weighted by molar-refractivity contribution is 7.13.